The van der Waals surface area contributed by atoms with Gasteiger partial charge in [0.1, 0.15) is 0 Å². The van der Waals surface area contributed by atoms with Crippen LogP contribution in [0, 0.1) is 10.5 Å². The number of hydrogen-bond acceptors (Lipinski definition) is 6. The maximum absolute atomic E-state index is 12.1. The maximum atomic E-state index is 12.1. The van der Waals surface area contributed by atoms with Gasteiger partial charge in [0.05, 0.1) is 10.5 Å². The first-order valence-electron chi connectivity index (χ1n) is 5.15. The number of anilines is 1. The number of hydrogen-bond donors (Lipinski definition) is 2. The summed E-state index contributed by atoms with van der Waals surface area (Å²) in [6, 6.07) is 3.48. The number of aromatic carboxylic acids is 1. The van der Waals surface area contributed by atoms with E-state index in [0.29, 0.717) is 3.57 Å². The van der Waals surface area contributed by atoms with Crippen LogP contribution in [0.4, 0.5) is 6.01 Å². The second-order valence-corrected chi connectivity index (χ2v) is 6.52. The molecule has 0 bridgehead atoms. The van der Waals surface area contributed by atoms with E-state index in [2.05, 4.69) is 14.9 Å². The molecule has 2 N–H and O–H groups in total. The number of nitrogens with zero attached hydrogens (tertiary/aromatic N) is 2. The number of sulfonamides is 1. The van der Waals surface area contributed by atoms with E-state index in [1.807, 2.05) is 22.6 Å². The average Bonchev–Trinajstić information content (AvgIpc) is 2.73. The van der Waals surface area contributed by atoms with Crippen molar-refractivity contribution in [2.24, 2.45) is 0 Å². The Hall–Kier alpha value is -1.69. The molecular formula is C10H8IN3O5S. The monoisotopic (exact) mass is 409 g/mol. The van der Waals surface area contributed by atoms with Crippen molar-refractivity contribution < 1.29 is 22.7 Å². The van der Waals surface area contributed by atoms with Gasteiger partial charge < -0.3 is 9.52 Å². The van der Waals surface area contributed by atoms with E-state index in [1.54, 1.807) is 0 Å². The minimum absolute atomic E-state index is 0.102. The molecule has 0 aliphatic heterocycles. The van der Waals surface area contributed by atoms with Crippen LogP contribution in [0.15, 0.2) is 27.5 Å². The van der Waals surface area contributed by atoms with Crippen LogP contribution in [0.3, 0.4) is 0 Å². The summed E-state index contributed by atoms with van der Waals surface area (Å²) >= 11 is 1.81. The molecule has 0 unspecified atom stereocenters. The normalized spacial score (nSPS) is 11.3. The lowest BCUT2D eigenvalue weighted by Crippen LogP contribution is -2.14. The Kier molecular flexibility index (Phi) is 3.94. The van der Waals surface area contributed by atoms with E-state index in [0.717, 1.165) is 6.07 Å². The van der Waals surface area contributed by atoms with Gasteiger partial charge in [-0.25, -0.2) is 17.9 Å². The molecule has 20 heavy (non-hydrogen) atoms. The zero-order valence-corrected chi connectivity index (χ0v) is 13.0. The maximum Gasteiger partial charge on any atom is 0.336 e. The molecule has 1 aromatic heterocycles. The molecular weight excluding hydrogens is 401 g/mol. The molecule has 0 fully saturated rings. The highest BCUT2D eigenvalue weighted by Gasteiger charge is 2.20. The Morgan fingerprint density at radius 1 is 1.40 bits per heavy atom. The summed E-state index contributed by atoms with van der Waals surface area (Å²) in [5, 5.41) is 16.0. The first-order chi connectivity index (χ1) is 9.29. The number of carboxylic acids is 1. The van der Waals surface area contributed by atoms with Crippen molar-refractivity contribution in [1.29, 1.82) is 0 Å². The predicted octanol–water partition coefficient (Wildman–Crippen LogP) is 1.48. The number of aryl methyl sites for hydroxylation is 1. The minimum Gasteiger partial charge on any atom is -0.478 e. The minimum atomic E-state index is -3.99. The van der Waals surface area contributed by atoms with E-state index in [-0.39, 0.29) is 22.4 Å². The molecule has 1 aromatic carbocycles. The number of carboxylic acid groups (broad SMARTS) is 1. The molecule has 0 atom stereocenters. The van der Waals surface area contributed by atoms with Gasteiger partial charge in [0, 0.05) is 10.5 Å². The molecule has 0 aliphatic rings. The zero-order chi connectivity index (χ0) is 14.9. The van der Waals surface area contributed by atoms with Crippen molar-refractivity contribution in [1.82, 2.24) is 10.2 Å². The van der Waals surface area contributed by atoms with Crippen LogP contribution < -0.4 is 4.72 Å². The van der Waals surface area contributed by atoms with Crippen molar-refractivity contribution in [2.75, 3.05) is 4.72 Å². The third kappa shape index (κ3) is 3.07. The fourth-order valence-corrected chi connectivity index (χ4v) is 2.86. The van der Waals surface area contributed by atoms with Gasteiger partial charge in [-0.3, -0.25) is 0 Å². The van der Waals surface area contributed by atoms with Crippen LogP contribution in [0.1, 0.15) is 16.2 Å². The molecule has 10 heteroatoms. The fraction of sp³-hybridized carbons (Fsp3) is 0.100. The van der Waals surface area contributed by atoms with Gasteiger partial charge in [-0.2, -0.15) is 0 Å². The highest BCUT2D eigenvalue weighted by Crippen LogP contribution is 2.20. The molecule has 0 amide bonds. The van der Waals surface area contributed by atoms with Gasteiger partial charge in [-0.05, 0) is 40.8 Å². The standard InChI is InChI=1S/C10H8IN3O5S/c1-5-12-13-10(19-5)14-20(17,18)6-2-3-8(11)7(4-6)9(15)16/h2-4H,1H3,(H,13,14)(H,15,16). The number of rotatable bonds is 4. The van der Waals surface area contributed by atoms with Crippen molar-refractivity contribution in [3.8, 4) is 0 Å². The summed E-state index contributed by atoms with van der Waals surface area (Å²) in [6.45, 7) is 1.51. The Morgan fingerprint density at radius 3 is 2.65 bits per heavy atom. The van der Waals surface area contributed by atoms with Crippen LogP contribution in [0.5, 0.6) is 0 Å². The first-order valence-corrected chi connectivity index (χ1v) is 7.71. The molecule has 106 valence electrons. The third-order valence-electron chi connectivity index (χ3n) is 2.23. The second kappa shape index (κ2) is 5.36. The molecule has 0 aliphatic carbocycles. The van der Waals surface area contributed by atoms with Gasteiger partial charge in [0.15, 0.2) is 0 Å². The molecule has 0 saturated heterocycles. The van der Waals surface area contributed by atoms with Crippen molar-refractivity contribution >= 4 is 44.6 Å². The quantitative estimate of drug-likeness (QED) is 0.734. The molecule has 2 aromatic rings. The summed E-state index contributed by atoms with van der Waals surface area (Å²) in [5.74, 6) is -1.00. The smallest absolute Gasteiger partial charge is 0.336 e. The van der Waals surface area contributed by atoms with Crippen molar-refractivity contribution in [3.63, 3.8) is 0 Å². The van der Waals surface area contributed by atoms with E-state index >= 15 is 0 Å². The largest absolute Gasteiger partial charge is 0.478 e. The van der Waals surface area contributed by atoms with Gasteiger partial charge in [0.2, 0.25) is 5.89 Å². The van der Waals surface area contributed by atoms with E-state index in [4.69, 9.17) is 9.52 Å². The SMILES string of the molecule is Cc1nnc(NS(=O)(=O)c2ccc(I)c(C(=O)O)c2)o1. The van der Waals surface area contributed by atoms with Gasteiger partial charge >= 0.3 is 12.0 Å². The van der Waals surface area contributed by atoms with E-state index in [9.17, 15) is 13.2 Å². The summed E-state index contributed by atoms with van der Waals surface area (Å²) in [5.41, 5.74) is -0.102. The van der Waals surface area contributed by atoms with Crippen molar-refractivity contribution in [3.05, 3.63) is 33.2 Å². The lowest BCUT2D eigenvalue weighted by molar-refractivity contribution is 0.0695. The Labute approximate surface area is 127 Å². The van der Waals surface area contributed by atoms with Crippen LogP contribution in [0.2, 0.25) is 0 Å². The van der Waals surface area contributed by atoms with Crippen LogP contribution in [-0.4, -0.2) is 29.7 Å². The number of halogens is 1. The summed E-state index contributed by atoms with van der Waals surface area (Å²) in [7, 11) is -3.99. The Morgan fingerprint density at radius 2 is 2.10 bits per heavy atom. The number of benzene rings is 1. The summed E-state index contributed by atoms with van der Waals surface area (Å²) in [6.07, 6.45) is 0. The van der Waals surface area contributed by atoms with Gasteiger partial charge in [-0.15, -0.1) is 5.10 Å². The fourth-order valence-electron chi connectivity index (χ4n) is 1.35. The zero-order valence-electron chi connectivity index (χ0n) is 9.99. The van der Waals surface area contributed by atoms with Crippen LogP contribution in [0.25, 0.3) is 0 Å². The van der Waals surface area contributed by atoms with Crippen molar-refractivity contribution in [2.45, 2.75) is 11.8 Å². The molecule has 0 radical (unpaired) electrons. The number of nitrogens with one attached hydrogen (secondary N) is 1. The van der Waals surface area contributed by atoms with E-state index in [1.165, 1.54) is 19.1 Å². The molecule has 0 spiro atoms. The Balaban J connectivity index is 2.39. The second-order valence-electron chi connectivity index (χ2n) is 3.68. The topological polar surface area (TPSA) is 122 Å². The van der Waals surface area contributed by atoms with Crippen LogP contribution in [-0.2, 0) is 10.0 Å². The molecule has 1 heterocycles. The average molecular weight is 409 g/mol. The highest BCUT2D eigenvalue weighted by atomic mass is 127. The van der Waals surface area contributed by atoms with Gasteiger partial charge in [-0.1, -0.05) is 5.10 Å². The molecule has 0 saturated carbocycles. The lowest BCUT2D eigenvalue weighted by atomic mass is 10.2. The number of carbonyl (C=O) groups is 1. The van der Waals surface area contributed by atoms with E-state index < -0.39 is 16.0 Å². The predicted molar refractivity (Wildman–Crippen MR) is 76.0 cm³/mol. The molecule has 2 rings (SSSR count). The first kappa shape index (κ1) is 14.7. The summed E-state index contributed by atoms with van der Waals surface area (Å²) in [4.78, 5) is 10.8. The molecule has 8 nitrogen and oxygen atoms in total. The van der Waals surface area contributed by atoms with Gasteiger partial charge in [0.25, 0.3) is 10.0 Å². The lowest BCUT2D eigenvalue weighted by Gasteiger charge is -2.06. The third-order valence-corrected chi connectivity index (χ3v) is 4.48. The number of aromatic nitrogens is 2. The summed E-state index contributed by atoms with van der Waals surface area (Å²) < 4.78 is 31.5. The highest BCUT2D eigenvalue weighted by molar-refractivity contribution is 14.1. The van der Waals surface area contributed by atoms with Crippen LogP contribution >= 0.6 is 22.6 Å². The Bertz CT molecular complexity index is 771.